The molecule has 0 radical (unpaired) electrons. The third kappa shape index (κ3) is 2.93. The highest BCUT2D eigenvalue weighted by Crippen LogP contribution is 2.05. The van der Waals surface area contributed by atoms with Crippen molar-refractivity contribution < 1.29 is 9.21 Å². The van der Waals surface area contributed by atoms with Crippen LogP contribution in [0.25, 0.3) is 0 Å². The molecule has 1 amide bonds. The van der Waals surface area contributed by atoms with E-state index < -0.39 is 0 Å². The van der Waals surface area contributed by atoms with Crippen molar-refractivity contribution in [3.8, 4) is 0 Å². The molecule has 3 nitrogen and oxygen atoms in total. The minimum Gasteiger partial charge on any atom is -0.459 e. The van der Waals surface area contributed by atoms with E-state index in [1.54, 1.807) is 12.3 Å². The fraction of sp³-hybridized carbons (Fsp3) is 0.500. The molecule has 1 heterocycles. The third-order valence-electron chi connectivity index (χ3n) is 1.77. The van der Waals surface area contributed by atoms with Crippen LogP contribution in [-0.2, 0) is 0 Å². The van der Waals surface area contributed by atoms with Crippen LogP contribution < -0.4 is 5.32 Å². The third-order valence-corrected chi connectivity index (χ3v) is 1.77. The molecule has 0 saturated carbocycles. The fourth-order valence-corrected chi connectivity index (χ4v) is 1.02. The van der Waals surface area contributed by atoms with Crippen LogP contribution in [0.15, 0.2) is 16.7 Å². The van der Waals surface area contributed by atoms with Gasteiger partial charge >= 0.3 is 0 Å². The fourth-order valence-electron chi connectivity index (χ4n) is 1.02. The number of carbonyl (C=O) groups is 1. The highest BCUT2D eigenvalue weighted by molar-refractivity contribution is 5.91. The maximum Gasteiger partial charge on any atom is 0.286 e. The Morgan fingerprint density at radius 1 is 1.62 bits per heavy atom. The summed E-state index contributed by atoms with van der Waals surface area (Å²) < 4.78 is 5.04. The molecule has 0 aliphatic rings. The Balaban J connectivity index is 2.40. The number of hydrogen-bond acceptors (Lipinski definition) is 2. The van der Waals surface area contributed by atoms with Crippen LogP contribution in [0, 0.1) is 6.92 Å². The summed E-state index contributed by atoms with van der Waals surface area (Å²) in [4.78, 5) is 11.3. The average molecular weight is 181 g/mol. The molecule has 0 aromatic carbocycles. The van der Waals surface area contributed by atoms with Crippen molar-refractivity contribution in [1.82, 2.24) is 5.32 Å². The maximum absolute atomic E-state index is 11.3. The zero-order valence-corrected chi connectivity index (χ0v) is 8.09. The molecule has 0 aliphatic heterocycles. The van der Waals surface area contributed by atoms with E-state index in [0.717, 1.165) is 24.9 Å². The lowest BCUT2D eigenvalue weighted by Gasteiger charge is -1.99. The highest BCUT2D eigenvalue weighted by atomic mass is 16.3. The van der Waals surface area contributed by atoms with Crippen LogP contribution in [0.4, 0.5) is 0 Å². The molecule has 0 fully saturated rings. The van der Waals surface area contributed by atoms with E-state index >= 15 is 0 Å². The number of nitrogens with one attached hydrogen (secondary N) is 1. The van der Waals surface area contributed by atoms with Crippen molar-refractivity contribution in [3.05, 3.63) is 23.7 Å². The molecule has 1 aromatic heterocycles. The summed E-state index contributed by atoms with van der Waals surface area (Å²) in [6.07, 6.45) is 3.66. The van der Waals surface area contributed by atoms with Crippen LogP contribution >= 0.6 is 0 Å². The second-order valence-corrected chi connectivity index (χ2v) is 3.10. The Morgan fingerprint density at radius 3 is 2.92 bits per heavy atom. The molecule has 1 aromatic rings. The second kappa shape index (κ2) is 4.70. The van der Waals surface area contributed by atoms with Gasteiger partial charge in [-0.1, -0.05) is 13.3 Å². The minimum atomic E-state index is -0.124. The van der Waals surface area contributed by atoms with Crippen molar-refractivity contribution >= 4 is 5.91 Å². The SMILES string of the molecule is CCCCNC(=O)c1cc(C)co1. The van der Waals surface area contributed by atoms with Gasteiger partial charge in [0, 0.05) is 6.54 Å². The molecule has 0 unspecified atom stereocenters. The smallest absolute Gasteiger partial charge is 0.286 e. The molecule has 0 bridgehead atoms. The van der Waals surface area contributed by atoms with Crippen molar-refractivity contribution in [1.29, 1.82) is 0 Å². The molecule has 0 atom stereocenters. The van der Waals surface area contributed by atoms with Gasteiger partial charge in [0.1, 0.15) is 0 Å². The van der Waals surface area contributed by atoms with Crippen LogP contribution in [0.3, 0.4) is 0 Å². The summed E-state index contributed by atoms with van der Waals surface area (Å²) in [7, 11) is 0. The van der Waals surface area contributed by atoms with Crippen LogP contribution in [0.1, 0.15) is 35.9 Å². The second-order valence-electron chi connectivity index (χ2n) is 3.10. The van der Waals surface area contributed by atoms with Crippen molar-refractivity contribution in [2.75, 3.05) is 6.54 Å². The molecule has 72 valence electrons. The largest absolute Gasteiger partial charge is 0.459 e. The van der Waals surface area contributed by atoms with Crippen molar-refractivity contribution in [2.24, 2.45) is 0 Å². The summed E-state index contributed by atoms with van der Waals surface area (Å²) >= 11 is 0. The summed E-state index contributed by atoms with van der Waals surface area (Å²) in [5.74, 6) is 0.273. The Labute approximate surface area is 78.1 Å². The highest BCUT2D eigenvalue weighted by Gasteiger charge is 2.07. The molecule has 1 N–H and O–H groups in total. The quantitative estimate of drug-likeness (QED) is 0.723. The van der Waals surface area contributed by atoms with Gasteiger partial charge < -0.3 is 9.73 Å². The number of furan rings is 1. The zero-order chi connectivity index (χ0) is 9.68. The number of hydrogen-bond donors (Lipinski definition) is 1. The minimum absolute atomic E-state index is 0.124. The van der Waals surface area contributed by atoms with Crippen molar-refractivity contribution in [3.63, 3.8) is 0 Å². The topological polar surface area (TPSA) is 42.2 Å². The van der Waals surface area contributed by atoms with E-state index in [-0.39, 0.29) is 5.91 Å². The number of aryl methyl sites for hydroxylation is 1. The molecular weight excluding hydrogens is 166 g/mol. The van der Waals surface area contributed by atoms with E-state index in [0.29, 0.717) is 5.76 Å². The van der Waals surface area contributed by atoms with Gasteiger partial charge in [0.25, 0.3) is 5.91 Å². The number of unbranched alkanes of at least 4 members (excludes halogenated alkanes) is 1. The van der Waals surface area contributed by atoms with E-state index in [9.17, 15) is 4.79 Å². The first-order chi connectivity index (χ1) is 6.24. The van der Waals surface area contributed by atoms with Crippen molar-refractivity contribution in [2.45, 2.75) is 26.7 Å². The van der Waals surface area contributed by atoms with Gasteiger partial charge in [0.15, 0.2) is 5.76 Å². The normalized spacial score (nSPS) is 10.0. The summed E-state index contributed by atoms with van der Waals surface area (Å²) in [6, 6.07) is 1.74. The first-order valence-electron chi connectivity index (χ1n) is 4.57. The van der Waals surface area contributed by atoms with Gasteiger partial charge in [-0.3, -0.25) is 4.79 Å². The monoisotopic (exact) mass is 181 g/mol. The molecule has 0 aliphatic carbocycles. The Morgan fingerprint density at radius 2 is 2.38 bits per heavy atom. The standard InChI is InChI=1S/C10H15NO2/c1-3-4-5-11-10(12)9-6-8(2)7-13-9/h6-7H,3-5H2,1-2H3,(H,11,12). The molecule has 13 heavy (non-hydrogen) atoms. The van der Waals surface area contributed by atoms with Gasteiger partial charge in [-0.2, -0.15) is 0 Å². The zero-order valence-electron chi connectivity index (χ0n) is 8.09. The number of rotatable bonds is 4. The van der Waals surface area contributed by atoms with Crippen LogP contribution in [-0.4, -0.2) is 12.5 Å². The molecule has 3 heteroatoms. The predicted octanol–water partition coefficient (Wildman–Crippen LogP) is 2.12. The number of amides is 1. The van der Waals surface area contributed by atoms with Crippen LogP contribution in [0.2, 0.25) is 0 Å². The van der Waals surface area contributed by atoms with E-state index in [1.165, 1.54) is 0 Å². The lowest BCUT2D eigenvalue weighted by molar-refractivity contribution is 0.0925. The van der Waals surface area contributed by atoms with E-state index in [4.69, 9.17) is 4.42 Å². The lowest BCUT2D eigenvalue weighted by atomic mass is 10.3. The summed E-state index contributed by atoms with van der Waals surface area (Å²) in [5.41, 5.74) is 0.973. The van der Waals surface area contributed by atoms with Gasteiger partial charge in [-0.15, -0.1) is 0 Å². The predicted molar refractivity (Wildman–Crippen MR) is 50.7 cm³/mol. The Bertz CT molecular complexity index is 278. The van der Waals surface area contributed by atoms with Crippen LogP contribution in [0.5, 0.6) is 0 Å². The summed E-state index contributed by atoms with van der Waals surface area (Å²) in [5, 5.41) is 2.78. The maximum atomic E-state index is 11.3. The molecular formula is C10H15NO2. The van der Waals surface area contributed by atoms with Gasteiger partial charge in [0.05, 0.1) is 6.26 Å². The first kappa shape index (κ1) is 9.84. The van der Waals surface area contributed by atoms with E-state index in [1.807, 2.05) is 6.92 Å². The van der Waals surface area contributed by atoms with Gasteiger partial charge in [0.2, 0.25) is 0 Å². The van der Waals surface area contributed by atoms with Gasteiger partial charge in [-0.25, -0.2) is 0 Å². The lowest BCUT2D eigenvalue weighted by Crippen LogP contribution is -2.23. The first-order valence-corrected chi connectivity index (χ1v) is 4.57. The summed E-state index contributed by atoms with van der Waals surface area (Å²) in [6.45, 7) is 4.70. The van der Waals surface area contributed by atoms with Gasteiger partial charge in [-0.05, 0) is 25.0 Å². The molecule has 0 saturated heterocycles. The molecule has 0 spiro atoms. The number of carbonyl (C=O) groups excluding carboxylic acids is 1. The van der Waals surface area contributed by atoms with E-state index in [2.05, 4.69) is 12.2 Å². The Kier molecular flexibility index (Phi) is 3.55. The molecule has 1 rings (SSSR count). The Hall–Kier alpha value is -1.25. The average Bonchev–Trinajstić information content (AvgIpc) is 2.52.